The predicted octanol–water partition coefficient (Wildman–Crippen LogP) is 5.55. The number of furan rings is 1. The Morgan fingerprint density at radius 3 is 2.41 bits per heavy atom. The van der Waals surface area contributed by atoms with E-state index in [0.29, 0.717) is 56.8 Å². The molecule has 4 rings (SSSR count). The van der Waals surface area contributed by atoms with E-state index in [0.717, 1.165) is 0 Å². The molecule has 2 N–H and O–H groups in total. The monoisotopic (exact) mass is 499 g/mol. The number of carbonyl (C=O) groups is 2. The first-order valence-electron chi connectivity index (χ1n) is 11.8. The number of fused-ring (bicyclic) bond motifs is 1. The lowest BCUT2D eigenvalue weighted by atomic mass is 9.98. The topological polar surface area (TPSA) is 104 Å². The molecule has 0 radical (unpaired) electrons. The molecule has 0 aliphatic carbocycles. The van der Waals surface area contributed by atoms with Crippen molar-refractivity contribution in [1.82, 2.24) is 10.6 Å². The Bertz CT molecular complexity index is 1500. The lowest BCUT2D eigenvalue weighted by molar-refractivity contribution is 0.0945. The number of nitriles is 1. The molecule has 37 heavy (non-hydrogen) atoms. The first kappa shape index (κ1) is 25.5. The summed E-state index contributed by atoms with van der Waals surface area (Å²) in [5.74, 6) is -0.0221. The molecule has 188 valence electrons. The number of halogens is 1. The molecule has 2 amide bonds. The van der Waals surface area contributed by atoms with Crippen molar-refractivity contribution in [3.05, 3.63) is 77.6 Å². The minimum atomic E-state index is -0.393. The van der Waals surface area contributed by atoms with Crippen molar-refractivity contribution in [1.29, 1.82) is 5.26 Å². The van der Waals surface area contributed by atoms with Crippen molar-refractivity contribution in [2.75, 3.05) is 20.2 Å². The fourth-order valence-electron chi connectivity index (χ4n) is 3.93. The van der Waals surface area contributed by atoms with Gasteiger partial charge in [0.1, 0.15) is 29.0 Å². The van der Waals surface area contributed by atoms with E-state index in [9.17, 15) is 14.0 Å². The summed E-state index contributed by atoms with van der Waals surface area (Å²) in [6, 6.07) is 18.1. The van der Waals surface area contributed by atoms with Crippen LogP contribution in [0.25, 0.3) is 33.4 Å². The van der Waals surface area contributed by atoms with Crippen LogP contribution in [0.2, 0.25) is 0 Å². The normalized spacial score (nSPS) is 10.8. The summed E-state index contributed by atoms with van der Waals surface area (Å²) in [6.07, 6.45) is 0. The molecule has 0 atom stereocenters. The number of nitrogens with zero attached hydrogens (tertiary/aromatic N) is 1. The SMILES string of the molecule is CNC(=O)c1c(-c2ccc(F)cc2)oc2ccc(-c3cc(OCC#N)cc(C(=O)NCC(C)C)c3)cc12. The predicted molar refractivity (Wildman–Crippen MR) is 139 cm³/mol. The second-order valence-corrected chi connectivity index (χ2v) is 8.90. The standard InChI is InChI=1S/C29H26FN3O4/c1-17(2)16-33-28(34)21-12-20(13-23(14-21)36-11-10-31)19-6-9-25-24(15-19)26(29(35)32-3)27(37-25)18-4-7-22(30)8-5-18/h4-9,12-15,17H,11,16H2,1-3H3,(H,32,35)(H,33,34). The van der Waals surface area contributed by atoms with Gasteiger partial charge in [-0.1, -0.05) is 19.9 Å². The number of amides is 2. The molecule has 0 bridgehead atoms. The van der Waals surface area contributed by atoms with Crippen LogP contribution in [0.15, 0.2) is 65.1 Å². The van der Waals surface area contributed by atoms with Crippen LogP contribution in [-0.4, -0.2) is 32.0 Å². The Morgan fingerprint density at radius 2 is 1.73 bits per heavy atom. The van der Waals surface area contributed by atoms with Gasteiger partial charge in [0, 0.05) is 30.1 Å². The van der Waals surface area contributed by atoms with Gasteiger partial charge in [-0.3, -0.25) is 9.59 Å². The van der Waals surface area contributed by atoms with Crippen LogP contribution >= 0.6 is 0 Å². The van der Waals surface area contributed by atoms with Gasteiger partial charge < -0.3 is 19.8 Å². The maximum absolute atomic E-state index is 13.5. The van der Waals surface area contributed by atoms with Gasteiger partial charge in [0.2, 0.25) is 0 Å². The lowest BCUT2D eigenvalue weighted by Gasteiger charge is -2.12. The van der Waals surface area contributed by atoms with E-state index in [-0.39, 0.29) is 24.3 Å². The van der Waals surface area contributed by atoms with E-state index in [1.165, 1.54) is 19.2 Å². The minimum Gasteiger partial charge on any atom is -0.479 e. The van der Waals surface area contributed by atoms with Gasteiger partial charge in [-0.2, -0.15) is 5.26 Å². The van der Waals surface area contributed by atoms with Crippen LogP contribution in [0.4, 0.5) is 4.39 Å². The van der Waals surface area contributed by atoms with Crippen molar-refractivity contribution in [3.8, 4) is 34.3 Å². The number of hydrogen-bond donors (Lipinski definition) is 2. The molecule has 8 heteroatoms. The van der Waals surface area contributed by atoms with Gasteiger partial charge in [-0.15, -0.1) is 0 Å². The average molecular weight is 500 g/mol. The molecule has 4 aromatic rings. The molecule has 0 fully saturated rings. The summed E-state index contributed by atoms with van der Waals surface area (Å²) in [5.41, 5.74) is 3.13. The fraction of sp³-hybridized carbons (Fsp3) is 0.207. The van der Waals surface area contributed by atoms with Gasteiger partial charge in [-0.05, 0) is 71.6 Å². The third-order valence-electron chi connectivity index (χ3n) is 5.72. The highest BCUT2D eigenvalue weighted by molar-refractivity contribution is 6.12. The van der Waals surface area contributed by atoms with Crippen molar-refractivity contribution in [2.24, 2.45) is 5.92 Å². The van der Waals surface area contributed by atoms with Crippen LogP contribution in [-0.2, 0) is 0 Å². The van der Waals surface area contributed by atoms with E-state index in [1.807, 2.05) is 26.0 Å². The number of carbonyl (C=O) groups excluding carboxylic acids is 2. The summed E-state index contributed by atoms with van der Waals surface area (Å²) in [4.78, 5) is 25.7. The molecule has 0 spiro atoms. The van der Waals surface area contributed by atoms with Gasteiger partial charge in [0.05, 0.1) is 5.56 Å². The van der Waals surface area contributed by atoms with Crippen LogP contribution in [0.3, 0.4) is 0 Å². The molecule has 0 aliphatic rings. The summed E-state index contributed by atoms with van der Waals surface area (Å²) >= 11 is 0. The Labute approximate surface area is 213 Å². The van der Waals surface area contributed by atoms with Gasteiger partial charge in [-0.25, -0.2) is 4.39 Å². The summed E-state index contributed by atoms with van der Waals surface area (Å²) in [6.45, 7) is 4.35. The third-order valence-corrected chi connectivity index (χ3v) is 5.72. The van der Waals surface area contributed by atoms with E-state index in [1.54, 1.807) is 42.5 Å². The molecular formula is C29H26FN3O4. The summed E-state index contributed by atoms with van der Waals surface area (Å²) < 4.78 is 25.0. The lowest BCUT2D eigenvalue weighted by Crippen LogP contribution is -2.27. The first-order chi connectivity index (χ1) is 17.8. The van der Waals surface area contributed by atoms with Gasteiger partial charge in [0.25, 0.3) is 11.8 Å². The maximum atomic E-state index is 13.5. The highest BCUT2D eigenvalue weighted by atomic mass is 19.1. The Morgan fingerprint density at radius 1 is 1.00 bits per heavy atom. The molecule has 1 aromatic heterocycles. The molecule has 7 nitrogen and oxygen atoms in total. The number of ether oxygens (including phenoxy) is 1. The summed E-state index contributed by atoms with van der Waals surface area (Å²) in [5, 5.41) is 15.0. The van der Waals surface area contributed by atoms with Crippen LogP contribution < -0.4 is 15.4 Å². The van der Waals surface area contributed by atoms with E-state index < -0.39 is 5.82 Å². The molecule has 1 heterocycles. The highest BCUT2D eigenvalue weighted by Gasteiger charge is 2.22. The quantitative estimate of drug-likeness (QED) is 0.331. The zero-order valence-corrected chi connectivity index (χ0v) is 20.7. The average Bonchev–Trinajstić information content (AvgIpc) is 3.29. The molecular weight excluding hydrogens is 473 g/mol. The largest absolute Gasteiger partial charge is 0.479 e. The fourth-order valence-corrected chi connectivity index (χ4v) is 3.93. The van der Waals surface area contributed by atoms with Crippen molar-refractivity contribution < 1.29 is 23.1 Å². The molecule has 0 aliphatic heterocycles. The van der Waals surface area contributed by atoms with E-state index in [4.69, 9.17) is 14.4 Å². The summed E-state index contributed by atoms with van der Waals surface area (Å²) in [7, 11) is 1.53. The Kier molecular flexibility index (Phi) is 7.54. The Balaban J connectivity index is 1.84. The van der Waals surface area contributed by atoms with E-state index >= 15 is 0 Å². The van der Waals surface area contributed by atoms with E-state index in [2.05, 4.69) is 10.6 Å². The minimum absolute atomic E-state index is 0.168. The van der Waals surface area contributed by atoms with Gasteiger partial charge in [0.15, 0.2) is 6.61 Å². The number of benzene rings is 3. The maximum Gasteiger partial charge on any atom is 0.255 e. The number of hydrogen-bond acceptors (Lipinski definition) is 5. The number of rotatable bonds is 8. The molecule has 0 saturated heterocycles. The first-order valence-corrected chi connectivity index (χ1v) is 11.8. The zero-order chi connectivity index (χ0) is 26.5. The van der Waals surface area contributed by atoms with Crippen LogP contribution in [0.1, 0.15) is 34.6 Å². The zero-order valence-electron chi connectivity index (χ0n) is 20.7. The molecule has 0 unspecified atom stereocenters. The smallest absolute Gasteiger partial charge is 0.255 e. The van der Waals surface area contributed by atoms with Crippen LogP contribution in [0, 0.1) is 23.1 Å². The third kappa shape index (κ3) is 5.62. The van der Waals surface area contributed by atoms with Crippen molar-refractivity contribution >= 4 is 22.8 Å². The molecule has 0 saturated carbocycles. The van der Waals surface area contributed by atoms with Crippen LogP contribution in [0.5, 0.6) is 5.75 Å². The second-order valence-electron chi connectivity index (χ2n) is 8.90. The second kappa shape index (κ2) is 11.0. The van der Waals surface area contributed by atoms with Gasteiger partial charge >= 0.3 is 0 Å². The van der Waals surface area contributed by atoms with Crippen molar-refractivity contribution in [2.45, 2.75) is 13.8 Å². The van der Waals surface area contributed by atoms with Crippen molar-refractivity contribution in [3.63, 3.8) is 0 Å². The number of nitrogens with one attached hydrogen (secondary N) is 2. The molecule has 3 aromatic carbocycles. The Hall–Kier alpha value is -4.64. The highest BCUT2D eigenvalue weighted by Crippen LogP contribution is 2.37.